The SMILES string of the molecule is CNc1ccc(/C=C/c2ccc(OCC(CO)CSF)cc2)cc1. The molecule has 5 heteroatoms. The van der Waals surface area contributed by atoms with E-state index in [1.54, 1.807) is 0 Å². The van der Waals surface area contributed by atoms with Crippen LogP contribution < -0.4 is 10.1 Å². The second kappa shape index (κ2) is 10.0. The van der Waals surface area contributed by atoms with Crippen molar-refractivity contribution in [2.75, 3.05) is 31.3 Å². The molecule has 0 radical (unpaired) electrons. The zero-order chi connectivity index (χ0) is 17.2. The van der Waals surface area contributed by atoms with Gasteiger partial charge < -0.3 is 15.2 Å². The molecule has 0 heterocycles. The molecule has 1 unspecified atom stereocenters. The number of aliphatic hydroxyl groups is 1. The number of ether oxygens (including phenoxy) is 1. The van der Waals surface area contributed by atoms with Gasteiger partial charge in [-0.15, -0.1) is 0 Å². The lowest BCUT2D eigenvalue weighted by Gasteiger charge is -2.13. The molecule has 0 aromatic heterocycles. The van der Waals surface area contributed by atoms with Gasteiger partial charge in [0.2, 0.25) is 0 Å². The average molecular weight is 347 g/mol. The van der Waals surface area contributed by atoms with Crippen molar-refractivity contribution in [2.24, 2.45) is 5.92 Å². The number of benzene rings is 2. The van der Waals surface area contributed by atoms with Gasteiger partial charge in [0, 0.05) is 36.6 Å². The van der Waals surface area contributed by atoms with Crippen molar-refractivity contribution in [3.05, 3.63) is 59.7 Å². The highest BCUT2D eigenvalue weighted by Gasteiger charge is 2.08. The van der Waals surface area contributed by atoms with Gasteiger partial charge in [-0.1, -0.05) is 36.4 Å². The standard InChI is InChI=1S/C19H22FNO2S/c1-21-18-8-4-15(5-9-18)2-3-16-6-10-19(11-7-16)23-13-17(12-22)14-24-20/h2-11,17,21-22H,12-14H2,1H3/b3-2+. The van der Waals surface area contributed by atoms with E-state index in [0.717, 1.165) is 16.8 Å². The third kappa shape index (κ3) is 5.91. The highest BCUT2D eigenvalue weighted by Crippen LogP contribution is 2.17. The van der Waals surface area contributed by atoms with Gasteiger partial charge in [0.15, 0.2) is 0 Å². The molecule has 0 spiro atoms. The minimum atomic E-state index is -0.194. The maximum Gasteiger partial charge on any atom is 0.119 e. The number of nitrogens with one attached hydrogen (secondary N) is 1. The van der Waals surface area contributed by atoms with Gasteiger partial charge in [0.1, 0.15) is 5.75 Å². The fourth-order valence-corrected chi connectivity index (χ4v) is 2.47. The van der Waals surface area contributed by atoms with Crippen molar-refractivity contribution < 1.29 is 13.7 Å². The first kappa shape index (κ1) is 18.4. The van der Waals surface area contributed by atoms with E-state index in [9.17, 15) is 3.89 Å². The maximum atomic E-state index is 12.2. The fraction of sp³-hybridized carbons (Fsp3) is 0.263. The molecule has 1 atom stereocenters. The van der Waals surface area contributed by atoms with E-state index in [-0.39, 0.29) is 30.4 Å². The Balaban J connectivity index is 1.90. The van der Waals surface area contributed by atoms with Crippen molar-refractivity contribution in [1.82, 2.24) is 0 Å². The zero-order valence-electron chi connectivity index (χ0n) is 13.6. The summed E-state index contributed by atoms with van der Waals surface area (Å²) >= 11 is 0.226. The summed E-state index contributed by atoms with van der Waals surface area (Å²) in [4.78, 5) is 0. The quantitative estimate of drug-likeness (QED) is 0.655. The topological polar surface area (TPSA) is 41.5 Å². The summed E-state index contributed by atoms with van der Waals surface area (Å²) < 4.78 is 17.8. The zero-order valence-corrected chi connectivity index (χ0v) is 14.4. The number of aliphatic hydroxyl groups excluding tert-OH is 1. The first-order valence-electron chi connectivity index (χ1n) is 7.78. The van der Waals surface area contributed by atoms with Crippen LogP contribution in [0.4, 0.5) is 9.57 Å². The van der Waals surface area contributed by atoms with E-state index in [2.05, 4.69) is 23.5 Å². The summed E-state index contributed by atoms with van der Waals surface area (Å²) in [6.07, 6.45) is 4.09. The Morgan fingerprint density at radius 2 is 1.67 bits per heavy atom. The molecule has 2 N–H and O–H groups in total. The van der Waals surface area contributed by atoms with E-state index in [1.165, 1.54) is 0 Å². The van der Waals surface area contributed by atoms with Crippen molar-refractivity contribution >= 4 is 30.0 Å². The van der Waals surface area contributed by atoms with Gasteiger partial charge in [-0.25, -0.2) is 0 Å². The molecule has 0 saturated carbocycles. The molecule has 2 aromatic rings. The second-order valence-electron chi connectivity index (χ2n) is 5.41. The Hall–Kier alpha value is -1.98. The lowest BCUT2D eigenvalue weighted by Crippen LogP contribution is -2.18. The molecule has 0 saturated heterocycles. The van der Waals surface area contributed by atoms with Crippen LogP contribution in [0.1, 0.15) is 11.1 Å². The van der Waals surface area contributed by atoms with Crippen molar-refractivity contribution in [3.63, 3.8) is 0 Å². The molecule has 0 amide bonds. The molecule has 0 fully saturated rings. The Morgan fingerprint density at radius 3 is 2.17 bits per heavy atom. The van der Waals surface area contributed by atoms with Gasteiger partial charge in [-0.05, 0) is 35.4 Å². The average Bonchev–Trinajstić information content (AvgIpc) is 2.64. The lowest BCUT2D eigenvalue weighted by atomic mass is 10.1. The van der Waals surface area contributed by atoms with Gasteiger partial charge in [0.25, 0.3) is 0 Å². The van der Waals surface area contributed by atoms with E-state index in [4.69, 9.17) is 9.84 Å². The Kier molecular flexibility index (Phi) is 7.65. The van der Waals surface area contributed by atoms with Crippen LogP contribution in [0.25, 0.3) is 12.2 Å². The Morgan fingerprint density at radius 1 is 1.08 bits per heavy atom. The van der Waals surface area contributed by atoms with Crippen molar-refractivity contribution in [2.45, 2.75) is 0 Å². The molecule has 2 aromatic carbocycles. The summed E-state index contributed by atoms with van der Waals surface area (Å²) in [7, 11) is 1.90. The van der Waals surface area contributed by atoms with Crippen LogP contribution in [-0.2, 0) is 0 Å². The predicted octanol–water partition coefficient (Wildman–Crippen LogP) is 4.50. The van der Waals surface area contributed by atoms with Crippen molar-refractivity contribution in [3.8, 4) is 5.75 Å². The lowest BCUT2D eigenvalue weighted by molar-refractivity contribution is 0.177. The second-order valence-corrected chi connectivity index (χ2v) is 5.96. The van der Waals surface area contributed by atoms with E-state index in [1.807, 2.05) is 49.5 Å². The third-order valence-corrected chi connectivity index (χ3v) is 4.19. The van der Waals surface area contributed by atoms with Gasteiger partial charge in [-0.3, -0.25) is 0 Å². The normalized spacial score (nSPS) is 12.3. The van der Waals surface area contributed by atoms with Crippen LogP contribution in [0.5, 0.6) is 5.75 Å². The molecule has 0 aliphatic rings. The van der Waals surface area contributed by atoms with E-state index >= 15 is 0 Å². The first-order valence-corrected chi connectivity index (χ1v) is 8.67. The van der Waals surface area contributed by atoms with Gasteiger partial charge in [-0.2, -0.15) is 3.89 Å². The first-order chi connectivity index (χ1) is 11.7. The third-order valence-electron chi connectivity index (χ3n) is 3.59. The Labute approximate surface area is 146 Å². The van der Waals surface area contributed by atoms with E-state index in [0.29, 0.717) is 12.4 Å². The van der Waals surface area contributed by atoms with Crippen LogP contribution >= 0.6 is 12.1 Å². The Bertz CT molecular complexity index is 629. The van der Waals surface area contributed by atoms with Crippen LogP contribution in [0, 0.1) is 5.92 Å². The highest BCUT2D eigenvalue weighted by molar-refractivity contribution is 7.94. The molecule has 0 bridgehead atoms. The molecule has 0 aliphatic carbocycles. The largest absolute Gasteiger partial charge is 0.493 e. The van der Waals surface area contributed by atoms with Crippen LogP contribution in [0.3, 0.4) is 0 Å². The van der Waals surface area contributed by atoms with E-state index < -0.39 is 0 Å². The minimum absolute atomic E-state index is 0.0793. The molecular formula is C19H22FNO2S. The summed E-state index contributed by atoms with van der Waals surface area (Å²) in [5, 5.41) is 12.2. The summed E-state index contributed by atoms with van der Waals surface area (Å²) in [6, 6.07) is 15.8. The predicted molar refractivity (Wildman–Crippen MR) is 101 cm³/mol. The van der Waals surface area contributed by atoms with Crippen molar-refractivity contribution in [1.29, 1.82) is 0 Å². The van der Waals surface area contributed by atoms with Gasteiger partial charge in [0.05, 0.1) is 13.2 Å². The van der Waals surface area contributed by atoms with Crippen LogP contribution in [0.2, 0.25) is 0 Å². The number of anilines is 1. The molecule has 24 heavy (non-hydrogen) atoms. The summed E-state index contributed by atoms with van der Waals surface area (Å²) in [5.74, 6) is 0.761. The summed E-state index contributed by atoms with van der Waals surface area (Å²) in [5.41, 5.74) is 3.28. The molecule has 0 aliphatic heterocycles. The molecule has 2 rings (SSSR count). The molecular weight excluding hydrogens is 325 g/mol. The number of halogens is 1. The van der Waals surface area contributed by atoms with Crippen LogP contribution in [0.15, 0.2) is 48.5 Å². The minimum Gasteiger partial charge on any atom is -0.493 e. The molecule has 128 valence electrons. The summed E-state index contributed by atoms with van der Waals surface area (Å²) in [6.45, 7) is 0.227. The van der Waals surface area contributed by atoms with Crippen LogP contribution in [-0.4, -0.2) is 31.1 Å². The highest BCUT2D eigenvalue weighted by atomic mass is 32.2. The molecule has 3 nitrogen and oxygen atoms in total. The fourth-order valence-electron chi connectivity index (χ4n) is 2.09. The number of rotatable bonds is 9. The maximum absolute atomic E-state index is 12.2. The smallest absolute Gasteiger partial charge is 0.119 e. The number of hydrogen-bond donors (Lipinski definition) is 2. The van der Waals surface area contributed by atoms with Gasteiger partial charge >= 0.3 is 0 Å². The number of hydrogen-bond acceptors (Lipinski definition) is 4. The monoisotopic (exact) mass is 347 g/mol.